The number of halogens is 1. The van der Waals surface area contributed by atoms with Gasteiger partial charge in [-0.2, -0.15) is 0 Å². The van der Waals surface area contributed by atoms with Gasteiger partial charge in [0.05, 0.1) is 0 Å². The van der Waals surface area contributed by atoms with E-state index in [9.17, 15) is 4.79 Å². The molecule has 3 nitrogen and oxygen atoms in total. The highest BCUT2D eigenvalue weighted by Crippen LogP contribution is 2.28. The smallest absolute Gasteiger partial charge is 0.223 e. The van der Waals surface area contributed by atoms with Gasteiger partial charge in [-0.1, -0.05) is 20.3 Å². The molecular formula is C12H27ClN2O. The van der Waals surface area contributed by atoms with Crippen molar-refractivity contribution in [3.8, 4) is 0 Å². The first-order valence-electron chi connectivity index (χ1n) is 6.01. The van der Waals surface area contributed by atoms with Crippen LogP contribution in [0.1, 0.15) is 52.4 Å². The summed E-state index contributed by atoms with van der Waals surface area (Å²) >= 11 is 0. The average Bonchev–Trinajstić information content (AvgIpc) is 2.19. The highest BCUT2D eigenvalue weighted by Gasteiger charge is 2.23. The van der Waals surface area contributed by atoms with Crippen molar-refractivity contribution >= 4 is 18.3 Å². The van der Waals surface area contributed by atoms with Crippen molar-refractivity contribution < 1.29 is 4.79 Å². The second-order valence-corrected chi connectivity index (χ2v) is 4.60. The maximum Gasteiger partial charge on any atom is 0.223 e. The molecule has 0 atom stereocenters. The standard InChI is InChI=1S/C12H23NO.ClH.H3N/c1-3-4-9-13-12(14)11-7-5-10(2)6-8-11;;/h10-11H,3-9H2,1-2H3,(H,13,14);1H;1H3. The van der Waals surface area contributed by atoms with Crippen molar-refractivity contribution in [1.82, 2.24) is 11.5 Å². The summed E-state index contributed by atoms with van der Waals surface area (Å²) in [6, 6.07) is 0. The molecule has 4 heteroatoms. The highest BCUT2D eigenvalue weighted by molar-refractivity contribution is 5.85. The zero-order chi connectivity index (χ0) is 10.4. The van der Waals surface area contributed by atoms with Gasteiger partial charge < -0.3 is 11.5 Å². The predicted molar refractivity (Wildman–Crippen MR) is 71.3 cm³/mol. The number of hydrogen-bond acceptors (Lipinski definition) is 2. The van der Waals surface area contributed by atoms with Crippen molar-refractivity contribution in [1.29, 1.82) is 0 Å². The Morgan fingerprint density at radius 3 is 2.31 bits per heavy atom. The Kier molecular flexibility index (Phi) is 11.2. The Morgan fingerprint density at radius 1 is 1.25 bits per heavy atom. The molecule has 0 aliphatic heterocycles. The summed E-state index contributed by atoms with van der Waals surface area (Å²) in [5, 5.41) is 3.03. The maximum atomic E-state index is 11.7. The van der Waals surface area contributed by atoms with Crippen molar-refractivity contribution in [3.63, 3.8) is 0 Å². The van der Waals surface area contributed by atoms with E-state index < -0.39 is 0 Å². The molecular weight excluding hydrogens is 224 g/mol. The molecule has 0 aromatic carbocycles. The van der Waals surface area contributed by atoms with Gasteiger partial charge in [0.2, 0.25) is 5.91 Å². The maximum absolute atomic E-state index is 11.7. The highest BCUT2D eigenvalue weighted by atomic mass is 35.5. The molecule has 0 heterocycles. The molecule has 0 bridgehead atoms. The van der Waals surface area contributed by atoms with Gasteiger partial charge in [0.1, 0.15) is 0 Å². The van der Waals surface area contributed by atoms with E-state index in [1.54, 1.807) is 0 Å². The lowest BCUT2D eigenvalue weighted by Gasteiger charge is -2.25. The van der Waals surface area contributed by atoms with Crippen LogP contribution in [0.15, 0.2) is 0 Å². The van der Waals surface area contributed by atoms with Gasteiger partial charge in [-0.05, 0) is 38.0 Å². The van der Waals surface area contributed by atoms with Crippen LogP contribution in [0.3, 0.4) is 0 Å². The molecule has 0 radical (unpaired) electrons. The minimum atomic E-state index is 0. The molecule has 1 saturated carbocycles. The predicted octanol–water partition coefficient (Wildman–Crippen LogP) is 3.31. The van der Waals surface area contributed by atoms with Gasteiger partial charge in [0.15, 0.2) is 0 Å². The lowest BCUT2D eigenvalue weighted by molar-refractivity contribution is -0.126. The Hall–Kier alpha value is -0.280. The summed E-state index contributed by atoms with van der Waals surface area (Å²) in [7, 11) is 0. The van der Waals surface area contributed by atoms with Crippen LogP contribution in [-0.4, -0.2) is 12.5 Å². The van der Waals surface area contributed by atoms with Gasteiger partial charge in [-0.15, -0.1) is 12.4 Å². The monoisotopic (exact) mass is 250 g/mol. The number of carbonyl (C=O) groups excluding carboxylic acids is 1. The molecule has 0 unspecified atom stereocenters. The average molecular weight is 251 g/mol. The minimum Gasteiger partial charge on any atom is -0.356 e. The molecule has 16 heavy (non-hydrogen) atoms. The normalized spacial score (nSPS) is 23.9. The first kappa shape index (κ1) is 18.1. The first-order chi connectivity index (χ1) is 6.74. The Morgan fingerprint density at radius 2 is 1.81 bits per heavy atom. The molecule has 1 amide bonds. The second-order valence-electron chi connectivity index (χ2n) is 4.60. The first-order valence-corrected chi connectivity index (χ1v) is 6.01. The van der Waals surface area contributed by atoms with Crippen molar-refractivity contribution in [2.24, 2.45) is 11.8 Å². The summed E-state index contributed by atoms with van der Waals surface area (Å²) < 4.78 is 0. The molecule has 0 aromatic rings. The molecule has 0 spiro atoms. The third-order valence-electron chi connectivity index (χ3n) is 3.22. The van der Waals surface area contributed by atoms with Crippen LogP contribution < -0.4 is 11.5 Å². The van der Waals surface area contributed by atoms with E-state index >= 15 is 0 Å². The number of unbranched alkanes of at least 4 members (excludes halogenated alkanes) is 1. The Bertz CT molecular complexity index is 180. The van der Waals surface area contributed by atoms with Crippen molar-refractivity contribution in [3.05, 3.63) is 0 Å². The zero-order valence-corrected chi connectivity index (χ0v) is 11.4. The van der Waals surface area contributed by atoms with Crippen molar-refractivity contribution in [2.75, 3.05) is 6.54 Å². The number of rotatable bonds is 4. The van der Waals surface area contributed by atoms with Crippen LogP contribution in [0.5, 0.6) is 0 Å². The van der Waals surface area contributed by atoms with E-state index in [0.717, 1.165) is 38.1 Å². The SMILES string of the molecule is CCCCNC(=O)C1CCC(C)CC1.Cl.N. The zero-order valence-electron chi connectivity index (χ0n) is 10.6. The van der Waals surface area contributed by atoms with Crippen molar-refractivity contribution in [2.45, 2.75) is 52.4 Å². The molecule has 0 aromatic heterocycles. The van der Waals surface area contributed by atoms with Crippen LogP contribution in [0.2, 0.25) is 0 Å². The summed E-state index contributed by atoms with van der Waals surface area (Å²) in [6.45, 7) is 5.29. The van der Waals surface area contributed by atoms with E-state index in [1.165, 1.54) is 12.8 Å². The van der Waals surface area contributed by atoms with Crippen LogP contribution in [0.4, 0.5) is 0 Å². The fourth-order valence-electron chi connectivity index (χ4n) is 2.05. The van der Waals surface area contributed by atoms with Crippen LogP contribution in [-0.2, 0) is 4.79 Å². The molecule has 1 aliphatic rings. The molecule has 1 rings (SSSR count). The molecule has 1 aliphatic carbocycles. The summed E-state index contributed by atoms with van der Waals surface area (Å²) in [4.78, 5) is 11.7. The lowest BCUT2D eigenvalue weighted by atomic mass is 9.82. The van der Waals surface area contributed by atoms with E-state index in [4.69, 9.17) is 0 Å². The van der Waals surface area contributed by atoms with Gasteiger partial charge in [-0.25, -0.2) is 0 Å². The van der Waals surface area contributed by atoms with E-state index in [2.05, 4.69) is 19.2 Å². The third kappa shape index (κ3) is 6.33. The van der Waals surface area contributed by atoms with Gasteiger partial charge in [0.25, 0.3) is 0 Å². The fourth-order valence-corrected chi connectivity index (χ4v) is 2.05. The van der Waals surface area contributed by atoms with Gasteiger partial charge in [0, 0.05) is 12.5 Å². The largest absolute Gasteiger partial charge is 0.356 e. The number of amides is 1. The quantitative estimate of drug-likeness (QED) is 0.752. The number of hydrogen-bond donors (Lipinski definition) is 2. The third-order valence-corrected chi connectivity index (χ3v) is 3.22. The minimum absolute atomic E-state index is 0. The second kappa shape index (κ2) is 9.91. The molecule has 98 valence electrons. The summed E-state index contributed by atoms with van der Waals surface area (Å²) in [5.74, 6) is 1.43. The van der Waals surface area contributed by atoms with E-state index in [-0.39, 0.29) is 18.6 Å². The molecule has 4 N–H and O–H groups in total. The van der Waals surface area contributed by atoms with E-state index in [1.807, 2.05) is 0 Å². The van der Waals surface area contributed by atoms with Gasteiger partial charge >= 0.3 is 0 Å². The summed E-state index contributed by atoms with van der Waals surface area (Å²) in [5.41, 5.74) is 0. The Labute approximate surface area is 106 Å². The van der Waals surface area contributed by atoms with E-state index in [0.29, 0.717) is 11.8 Å². The van der Waals surface area contributed by atoms with Gasteiger partial charge in [-0.3, -0.25) is 4.79 Å². The Balaban J connectivity index is 0. The van der Waals surface area contributed by atoms with Crippen LogP contribution >= 0.6 is 12.4 Å². The lowest BCUT2D eigenvalue weighted by Crippen LogP contribution is -2.33. The van der Waals surface area contributed by atoms with Crippen LogP contribution in [0.25, 0.3) is 0 Å². The molecule has 0 saturated heterocycles. The fraction of sp³-hybridized carbons (Fsp3) is 0.917. The number of carbonyl (C=O) groups is 1. The molecule has 1 fully saturated rings. The van der Waals surface area contributed by atoms with Crippen LogP contribution in [0, 0.1) is 11.8 Å². The number of nitrogens with one attached hydrogen (secondary N) is 1. The summed E-state index contributed by atoms with van der Waals surface area (Å²) in [6.07, 6.45) is 6.91. The topological polar surface area (TPSA) is 64.1 Å².